The molecule has 0 radical (unpaired) electrons. The number of hydrogen-bond donors (Lipinski definition) is 1. The first-order valence-electron chi connectivity index (χ1n) is 7.61. The van der Waals surface area contributed by atoms with Gasteiger partial charge < -0.3 is 9.84 Å². The Bertz CT molecular complexity index is 403. The highest BCUT2D eigenvalue weighted by Crippen LogP contribution is 2.38. The maximum Gasteiger partial charge on any atom is 0.151 e. The molecule has 19 heavy (non-hydrogen) atoms. The van der Waals surface area contributed by atoms with Crippen LogP contribution in [-0.4, -0.2) is 29.2 Å². The summed E-state index contributed by atoms with van der Waals surface area (Å²) in [6.45, 7) is 8.53. The Morgan fingerprint density at radius 2 is 2.11 bits per heavy atom. The molecular formula is C15H25N3O. The highest BCUT2D eigenvalue weighted by Gasteiger charge is 2.36. The molecule has 106 valence electrons. The molecule has 1 aliphatic carbocycles. The summed E-state index contributed by atoms with van der Waals surface area (Å²) in [5.41, 5.74) is 1.02. The van der Waals surface area contributed by atoms with E-state index in [0.717, 1.165) is 36.4 Å². The second-order valence-electron chi connectivity index (χ2n) is 6.47. The van der Waals surface area contributed by atoms with Gasteiger partial charge in [0.15, 0.2) is 5.76 Å². The topological polar surface area (TPSA) is 41.3 Å². The lowest BCUT2D eigenvalue weighted by molar-refractivity contribution is 0.257. The van der Waals surface area contributed by atoms with Gasteiger partial charge in [-0.2, -0.15) is 0 Å². The van der Waals surface area contributed by atoms with E-state index in [4.69, 9.17) is 4.52 Å². The van der Waals surface area contributed by atoms with Crippen LogP contribution in [0.5, 0.6) is 0 Å². The molecule has 4 heteroatoms. The van der Waals surface area contributed by atoms with E-state index in [1.807, 2.05) is 0 Å². The van der Waals surface area contributed by atoms with Gasteiger partial charge in [0, 0.05) is 31.7 Å². The van der Waals surface area contributed by atoms with Gasteiger partial charge in [0.05, 0.1) is 12.2 Å². The Morgan fingerprint density at radius 1 is 1.37 bits per heavy atom. The summed E-state index contributed by atoms with van der Waals surface area (Å²) in [7, 11) is 0. The highest BCUT2D eigenvalue weighted by molar-refractivity contribution is 5.06. The summed E-state index contributed by atoms with van der Waals surface area (Å²) in [6, 6.07) is 2.59. The van der Waals surface area contributed by atoms with E-state index in [1.54, 1.807) is 0 Å². The lowest BCUT2D eigenvalue weighted by atomic mass is 10.0. The summed E-state index contributed by atoms with van der Waals surface area (Å²) in [6.07, 6.45) is 4.30. The minimum absolute atomic E-state index is 0.484. The largest absolute Gasteiger partial charge is 0.360 e. The van der Waals surface area contributed by atoms with E-state index in [-0.39, 0.29) is 0 Å². The van der Waals surface area contributed by atoms with Gasteiger partial charge in [0.1, 0.15) is 0 Å². The van der Waals surface area contributed by atoms with Crippen LogP contribution >= 0.6 is 0 Å². The number of nitrogens with one attached hydrogen (secondary N) is 1. The minimum Gasteiger partial charge on any atom is -0.360 e. The lowest BCUT2D eigenvalue weighted by Crippen LogP contribution is -2.22. The van der Waals surface area contributed by atoms with Gasteiger partial charge in [-0.15, -0.1) is 0 Å². The Balaban J connectivity index is 1.50. The Morgan fingerprint density at radius 3 is 2.79 bits per heavy atom. The summed E-state index contributed by atoms with van der Waals surface area (Å²) in [5, 5.41) is 7.50. The summed E-state index contributed by atoms with van der Waals surface area (Å²) >= 11 is 0. The molecule has 1 aromatic heterocycles. The first-order chi connectivity index (χ1) is 9.20. The Hall–Kier alpha value is -0.870. The van der Waals surface area contributed by atoms with Crippen molar-refractivity contribution in [3.05, 3.63) is 17.5 Å². The fraction of sp³-hybridized carbons (Fsp3) is 0.800. The van der Waals surface area contributed by atoms with Crippen molar-refractivity contribution >= 4 is 0 Å². The quantitative estimate of drug-likeness (QED) is 0.885. The summed E-state index contributed by atoms with van der Waals surface area (Å²) in [5.74, 6) is 2.91. The fourth-order valence-electron chi connectivity index (χ4n) is 3.50. The molecular weight excluding hydrogens is 238 g/mol. The molecule has 2 fully saturated rings. The zero-order valence-corrected chi connectivity index (χ0v) is 12.1. The van der Waals surface area contributed by atoms with Crippen LogP contribution in [0.15, 0.2) is 10.6 Å². The van der Waals surface area contributed by atoms with Crippen LogP contribution < -0.4 is 5.32 Å². The van der Waals surface area contributed by atoms with Crippen LogP contribution in [-0.2, 0) is 13.1 Å². The maximum atomic E-state index is 5.45. The van der Waals surface area contributed by atoms with Gasteiger partial charge >= 0.3 is 0 Å². The molecule has 1 saturated heterocycles. The Labute approximate surface area is 115 Å². The minimum atomic E-state index is 0.484. The van der Waals surface area contributed by atoms with Gasteiger partial charge in [0.2, 0.25) is 0 Å². The van der Waals surface area contributed by atoms with Crippen molar-refractivity contribution in [2.75, 3.05) is 13.1 Å². The van der Waals surface area contributed by atoms with Gasteiger partial charge in [-0.05, 0) is 24.7 Å². The van der Waals surface area contributed by atoms with E-state index < -0.39 is 0 Å². The molecule has 1 aliphatic heterocycles. The van der Waals surface area contributed by atoms with Crippen molar-refractivity contribution < 1.29 is 4.52 Å². The van der Waals surface area contributed by atoms with Crippen molar-refractivity contribution in [2.24, 2.45) is 11.8 Å². The normalized spacial score (nSPS) is 27.3. The van der Waals surface area contributed by atoms with E-state index in [2.05, 4.69) is 35.3 Å². The van der Waals surface area contributed by atoms with Gasteiger partial charge in [0.25, 0.3) is 0 Å². The van der Waals surface area contributed by atoms with Crippen LogP contribution in [0.1, 0.15) is 44.6 Å². The predicted octanol–water partition coefficient (Wildman–Crippen LogP) is 2.40. The molecule has 4 nitrogen and oxygen atoms in total. The maximum absolute atomic E-state index is 5.45. The van der Waals surface area contributed by atoms with Crippen molar-refractivity contribution in [1.29, 1.82) is 0 Å². The molecule has 1 aromatic rings. The van der Waals surface area contributed by atoms with Crippen molar-refractivity contribution in [1.82, 2.24) is 15.4 Å². The first kappa shape index (κ1) is 13.1. The number of rotatable bonds is 5. The zero-order chi connectivity index (χ0) is 13.2. The third kappa shape index (κ3) is 3.18. The standard InChI is InChI=1S/C15H25N3O/c1-11(2)16-7-14-6-15(19-17-14)10-18-8-12-4-3-5-13(12)9-18/h6,11-13,16H,3-5,7-10H2,1-2H3. The SMILES string of the molecule is CC(C)NCc1cc(CN2CC3CCCC3C2)on1. The molecule has 2 aliphatic rings. The van der Waals surface area contributed by atoms with Crippen molar-refractivity contribution in [2.45, 2.75) is 52.2 Å². The van der Waals surface area contributed by atoms with E-state index in [0.29, 0.717) is 6.04 Å². The molecule has 2 heterocycles. The third-order valence-corrected chi connectivity index (χ3v) is 4.48. The molecule has 2 unspecified atom stereocenters. The number of nitrogens with zero attached hydrogens (tertiary/aromatic N) is 2. The van der Waals surface area contributed by atoms with Gasteiger partial charge in [-0.1, -0.05) is 25.4 Å². The van der Waals surface area contributed by atoms with Gasteiger partial charge in [-0.3, -0.25) is 4.90 Å². The molecule has 3 rings (SSSR count). The monoisotopic (exact) mass is 263 g/mol. The van der Waals surface area contributed by atoms with E-state index in [1.165, 1.54) is 32.4 Å². The molecule has 1 N–H and O–H groups in total. The van der Waals surface area contributed by atoms with Crippen LogP contribution in [0.4, 0.5) is 0 Å². The molecule has 2 atom stereocenters. The molecule has 0 spiro atoms. The summed E-state index contributed by atoms with van der Waals surface area (Å²) < 4.78 is 5.45. The van der Waals surface area contributed by atoms with Crippen molar-refractivity contribution in [3.8, 4) is 0 Å². The molecule has 0 bridgehead atoms. The smallest absolute Gasteiger partial charge is 0.151 e. The summed E-state index contributed by atoms with van der Waals surface area (Å²) in [4.78, 5) is 2.54. The predicted molar refractivity (Wildman–Crippen MR) is 74.6 cm³/mol. The van der Waals surface area contributed by atoms with Crippen LogP contribution in [0.25, 0.3) is 0 Å². The number of aromatic nitrogens is 1. The van der Waals surface area contributed by atoms with Crippen molar-refractivity contribution in [3.63, 3.8) is 0 Å². The lowest BCUT2D eigenvalue weighted by Gasteiger charge is -2.13. The average molecular weight is 263 g/mol. The molecule has 0 aromatic carbocycles. The second kappa shape index (κ2) is 5.63. The van der Waals surface area contributed by atoms with Crippen LogP contribution in [0.3, 0.4) is 0 Å². The first-order valence-corrected chi connectivity index (χ1v) is 7.61. The van der Waals surface area contributed by atoms with Crippen LogP contribution in [0.2, 0.25) is 0 Å². The zero-order valence-electron chi connectivity index (χ0n) is 12.1. The molecule has 1 saturated carbocycles. The van der Waals surface area contributed by atoms with E-state index >= 15 is 0 Å². The second-order valence-corrected chi connectivity index (χ2v) is 6.47. The highest BCUT2D eigenvalue weighted by atomic mass is 16.5. The van der Waals surface area contributed by atoms with Gasteiger partial charge in [-0.25, -0.2) is 0 Å². The fourth-order valence-corrected chi connectivity index (χ4v) is 3.50. The molecule has 0 amide bonds. The van der Waals surface area contributed by atoms with E-state index in [9.17, 15) is 0 Å². The average Bonchev–Trinajstić information content (AvgIpc) is 3.02. The Kier molecular flexibility index (Phi) is 3.89. The number of fused-ring (bicyclic) bond motifs is 1. The number of likely N-dealkylation sites (tertiary alicyclic amines) is 1. The number of hydrogen-bond acceptors (Lipinski definition) is 4. The third-order valence-electron chi connectivity index (χ3n) is 4.48. The van der Waals surface area contributed by atoms with Crippen LogP contribution in [0, 0.1) is 11.8 Å².